The summed E-state index contributed by atoms with van der Waals surface area (Å²) in [7, 11) is 1.90. The number of hydrogen-bond acceptors (Lipinski definition) is 10. The summed E-state index contributed by atoms with van der Waals surface area (Å²) < 4.78 is 0. The fourth-order valence-corrected chi connectivity index (χ4v) is 5.19. The maximum Gasteiger partial charge on any atom is 0.194 e. The van der Waals surface area contributed by atoms with Crippen LogP contribution in [0.4, 0.5) is 11.6 Å². The molecular weight excluding hydrogens is 422 g/mol. The first kappa shape index (κ1) is 19.3. The molecule has 0 amide bonds. The van der Waals surface area contributed by atoms with Crippen molar-refractivity contribution < 1.29 is 0 Å². The van der Waals surface area contributed by atoms with Gasteiger partial charge in [0, 0.05) is 73.4 Å². The van der Waals surface area contributed by atoms with Gasteiger partial charge in [0.05, 0.1) is 5.69 Å². The van der Waals surface area contributed by atoms with Crippen molar-refractivity contribution in [3.63, 3.8) is 0 Å². The molecule has 4 aromatic rings. The fraction of sp³-hybridized carbons (Fsp3) is 0.273. The lowest BCUT2D eigenvalue weighted by atomic mass is 10.1. The standard InChI is InChI=1S/C22H21N9S/c1-24-19-15-9-16-18(14(15)2-4-26-19)21(31-7-3-12(23)11-31)30-22(29-16)32-13-8-17-20(28-10-13)27-6-5-25-17/h2,4-6,8,10,12H,3,7,9,11,23H2,1H3,(H,24,26)/t12-/m1/s1. The van der Waals surface area contributed by atoms with Gasteiger partial charge in [-0.05, 0) is 35.9 Å². The first-order valence-corrected chi connectivity index (χ1v) is 11.3. The normalized spacial score (nSPS) is 16.9. The molecule has 1 aliphatic carbocycles. The molecule has 32 heavy (non-hydrogen) atoms. The van der Waals surface area contributed by atoms with E-state index in [-0.39, 0.29) is 6.04 Å². The zero-order valence-electron chi connectivity index (χ0n) is 17.5. The van der Waals surface area contributed by atoms with Gasteiger partial charge < -0.3 is 16.0 Å². The molecule has 10 heteroatoms. The zero-order valence-corrected chi connectivity index (χ0v) is 18.3. The highest BCUT2D eigenvalue weighted by Gasteiger charge is 2.32. The lowest BCUT2D eigenvalue weighted by molar-refractivity contribution is 0.750. The number of nitrogens with two attached hydrogens (primary N) is 1. The summed E-state index contributed by atoms with van der Waals surface area (Å²) in [5.41, 5.74) is 12.0. The van der Waals surface area contributed by atoms with Crippen molar-refractivity contribution in [1.82, 2.24) is 29.9 Å². The van der Waals surface area contributed by atoms with Crippen molar-refractivity contribution in [2.75, 3.05) is 30.4 Å². The summed E-state index contributed by atoms with van der Waals surface area (Å²) >= 11 is 1.49. The van der Waals surface area contributed by atoms with Crippen LogP contribution in [0.5, 0.6) is 0 Å². The van der Waals surface area contributed by atoms with Crippen LogP contribution >= 0.6 is 11.8 Å². The molecule has 2 aliphatic rings. The van der Waals surface area contributed by atoms with Gasteiger partial charge in [-0.25, -0.2) is 24.9 Å². The van der Waals surface area contributed by atoms with Crippen molar-refractivity contribution in [2.45, 2.75) is 28.9 Å². The van der Waals surface area contributed by atoms with Crippen molar-refractivity contribution >= 4 is 34.6 Å². The summed E-state index contributed by atoms with van der Waals surface area (Å²) in [6.07, 6.45) is 8.62. The van der Waals surface area contributed by atoms with Crippen molar-refractivity contribution in [2.24, 2.45) is 5.73 Å². The highest BCUT2D eigenvalue weighted by molar-refractivity contribution is 7.99. The van der Waals surface area contributed by atoms with Crippen LogP contribution in [0.15, 0.2) is 47.0 Å². The third kappa shape index (κ3) is 3.23. The summed E-state index contributed by atoms with van der Waals surface area (Å²) in [5.74, 6) is 1.84. The van der Waals surface area contributed by atoms with Gasteiger partial charge in [-0.1, -0.05) is 0 Å². The molecular formula is C22H21N9S. The molecule has 3 N–H and O–H groups in total. The van der Waals surface area contributed by atoms with Gasteiger partial charge in [0.15, 0.2) is 10.8 Å². The van der Waals surface area contributed by atoms with Crippen LogP contribution in [0.25, 0.3) is 22.3 Å². The molecule has 1 saturated heterocycles. The van der Waals surface area contributed by atoms with Gasteiger partial charge in [0.2, 0.25) is 0 Å². The quantitative estimate of drug-likeness (QED) is 0.401. The highest BCUT2D eigenvalue weighted by atomic mass is 32.2. The molecule has 0 bridgehead atoms. The maximum atomic E-state index is 6.23. The molecule has 5 heterocycles. The Morgan fingerprint density at radius 1 is 1.12 bits per heavy atom. The number of nitrogens with one attached hydrogen (secondary N) is 1. The SMILES string of the molecule is CNc1nccc2c1Cc1nc(Sc3cnc4nccnc4c3)nc(N3CC[C@@H](N)C3)c1-2. The largest absolute Gasteiger partial charge is 0.373 e. The van der Waals surface area contributed by atoms with E-state index in [4.69, 9.17) is 15.7 Å². The maximum absolute atomic E-state index is 6.23. The van der Waals surface area contributed by atoms with Crippen LogP contribution in [-0.4, -0.2) is 56.1 Å². The van der Waals surface area contributed by atoms with Gasteiger partial charge in [-0.2, -0.15) is 0 Å². The second-order valence-corrected chi connectivity index (χ2v) is 8.97. The van der Waals surface area contributed by atoms with Gasteiger partial charge in [0.1, 0.15) is 17.2 Å². The summed E-state index contributed by atoms with van der Waals surface area (Å²) in [5, 5.41) is 3.90. The minimum absolute atomic E-state index is 0.158. The Labute approximate surface area is 188 Å². The molecule has 0 unspecified atom stereocenters. The number of hydrogen-bond donors (Lipinski definition) is 2. The van der Waals surface area contributed by atoms with Crippen LogP contribution in [0.1, 0.15) is 17.7 Å². The number of rotatable bonds is 4. The van der Waals surface area contributed by atoms with E-state index in [9.17, 15) is 0 Å². The Morgan fingerprint density at radius 2 is 2.03 bits per heavy atom. The van der Waals surface area contributed by atoms with E-state index in [0.29, 0.717) is 10.8 Å². The smallest absolute Gasteiger partial charge is 0.194 e. The van der Waals surface area contributed by atoms with Gasteiger partial charge >= 0.3 is 0 Å². The topological polar surface area (TPSA) is 119 Å². The summed E-state index contributed by atoms with van der Waals surface area (Å²) in [6.45, 7) is 1.68. The lowest BCUT2D eigenvalue weighted by Gasteiger charge is -2.21. The molecule has 0 saturated carbocycles. The average molecular weight is 444 g/mol. The van der Waals surface area contributed by atoms with E-state index in [2.05, 4.69) is 36.2 Å². The van der Waals surface area contributed by atoms with Gasteiger partial charge in [-0.3, -0.25) is 4.98 Å². The Kier molecular flexibility index (Phi) is 4.62. The average Bonchev–Trinajstić information content (AvgIpc) is 3.41. The second-order valence-electron chi connectivity index (χ2n) is 7.93. The zero-order chi connectivity index (χ0) is 21.7. The van der Waals surface area contributed by atoms with Crippen molar-refractivity contribution in [3.8, 4) is 11.1 Å². The first-order valence-electron chi connectivity index (χ1n) is 10.5. The van der Waals surface area contributed by atoms with E-state index in [1.54, 1.807) is 18.6 Å². The minimum Gasteiger partial charge on any atom is -0.373 e. The second kappa shape index (κ2) is 7.64. The lowest BCUT2D eigenvalue weighted by Crippen LogP contribution is -2.27. The first-order chi connectivity index (χ1) is 15.7. The molecule has 0 radical (unpaired) electrons. The fourth-order valence-electron chi connectivity index (χ4n) is 4.42. The Hall–Kier alpha value is -3.37. The predicted octanol–water partition coefficient (Wildman–Crippen LogP) is 2.51. The third-order valence-electron chi connectivity index (χ3n) is 5.88. The van der Waals surface area contributed by atoms with Crippen LogP contribution in [-0.2, 0) is 6.42 Å². The minimum atomic E-state index is 0.158. The number of aromatic nitrogens is 6. The molecule has 6 rings (SSSR count). The summed E-state index contributed by atoms with van der Waals surface area (Å²) in [4.78, 5) is 30.7. The molecule has 0 aromatic carbocycles. The van der Waals surface area contributed by atoms with Crippen LogP contribution < -0.4 is 16.0 Å². The highest BCUT2D eigenvalue weighted by Crippen LogP contribution is 2.45. The van der Waals surface area contributed by atoms with Gasteiger partial charge in [-0.15, -0.1) is 0 Å². The van der Waals surface area contributed by atoms with Crippen LogP contribution in [0, 0.1) is 0 Å². The van der Waals surface area contributed by atoms with Crippen LogP contribution in [0.2, 0.25) is 0 Å². The number of fused-ring (bicyclic) bond motifs is 4. The number of nitrogens with zero attached hydrogens (tertiary/aromatic N) is 7. The van der Waals surface area contributed by atoms with Crippen molar-refractivity contribution in [1.29, 1.82) is 0 Å². The molecule has 4 aromatic heterocycles. The Balaban J connectivity index is 1.45. The number of pyridine rings is 2. The molecule has 160 valence electrons. The molecule has 9 nitrogen and oxygen atoms in total. The molecule has 1 fully saturated rings. The molecule has 1 atom stereocenters. The van der Waals surface area contributed by atoms with E-state index in [0.717, 1.165) is 70.4 Å². The molecule has 0 spiro atoms. The van der Waals surface area contributed by atoms with E-state index < -0.39 is 0 Å². The van der Waals surface area contributed by atoms with Crippen molar-refractivity contribution in [3.05, 3.63) is 48.2 Å². The van der Waals surface area contributed by atoms with E-state index in [1.807, 2.05) is 19.3 Å². The Morgan fingerprint density at radius 3 is 2.88 bits per heavy atom. The summed E-state index contributed by atoms with van der Waals surface area (Å²) in [6, 6.07) is 4.19. The van der Waals surface area contributed by atoms with Gasteiger partial charge in [0.25, 0.3) is 0 Å². The van der Waals surface area contributed by atoms with E-state index >= 15 is 0 Å². The number of anilines is 2. The molecule has 1 aliphatic heterocycles. The third-order valence-corrected chi connectivity index (χ3v) is 6.71. The Bertz CT molecular complexity index is 1340. The van der Waals surface area contributed by atoms with E-state index in [1.165, 1.54) is 11.8 Å². The van der Waals surface area contributed by atoms with Crippen LogP contribution in [0.3, 0.4) is 0 Å². The predicted molar refractivity (Wildman–Crippen MR) is 124 cm³/mol. The monoisotopic (exact) mass is 443 g/mol.